The van der Waals surface area contributed by atoms with Gasteiger partial charge in [0.05, 0.1) is 0 Å². The van der Waals surface area contributed by atoms with Gasteiger partial charge in [0, 0.05) is 0 Å². The maximum Gasteiger partial charge on any atom is 0.325 e. The summed E-state index contributed by atoms with van der Waals surface area (Å²) in [5.74, 6) is -3.48. The Morgan fingerprint density at radius 1 is 0.615 bits per heavy atom. The quantitative estimate of drug-likeness (QED) is 0.246. The number of nitrogens with one attached hydrogen (secondary N) is 4. The zero-order valence-corrected chi connectivity index (χ0v) is 15.6. The lowest BCUT2D eigenvalue weighted by atomic mass is 10.2. The maximum absolute atomic E-state index is 12.0. The second-order valence-corrected chi connectivity index (χ2v) is 6.16. The first-order valence-corrected chi connectivity index (χ1v) is 8.14. The van der Waals surface area contributed by atoms with Crippen LogP contribution in [-0.2, 0) is 24.0 Å². The Kier molecular flexibility index (Phi) is 9.27. The van der Waals surface area contributed by atoms with E-state index in [1.54, 1.807) is 6.92 Å². The second kappa shape index (κ2) is 10.3. The minimum atomic E-state index is -1.20. The molecule has 0 aliphatic heterocycles. The van der Waals surface area contributed by atoms with Crippen LogP contribution in [0.15, 0.2) is 0 Å². The van der Waals surface area contributed by atoms with Crippen LogP contribution in [0.25, 0.3) is 0 Å². The minimum absolute atomic E-state index is 0.400. The molecule has 0 heterocycles. The van der Waals surface area contributed by atoms with Crippen molar-refractivity contribution >= 4 is 29.6 Å². The molecule has 4 amide bonds. The van der Waals surface area contributed by atoms with Crippen molar-refractivity contribution < 1.29 is 34.8 Å². The number of amides is 4. The van der Waals surface area contributed by atoms with Gasteiger partial charge in [-0.1, -0.05) is 0 Å². The Morgan fingerprint density at radius 2 is 0.885 bits per heavy atom. The van der Waals surface area contributed by atoms with E-state index in [-0.39, 0.29) is 0 Å². The molecule has 0 aliphatic rings. The summed E-state index contributed by atoms with van der Waals surface area (Å²) in [5, 5.41) is 18.2. The smallest absolute Gasteiger partial charge is 0.325 e. The van der Waals surface area contributed by atoms with Crippen molar-refractivity contribution in [2.75, 3.05) is 0 Å². The molecule has 0 saturated heterocycles. The average Bonchev–Trinajstić information content (AvgIpc) is 2.53. The summed E-state index contributed by atoms with van der Waals surface area (Å²) in [6.07, 6.45) is 0. The van der Waals surface area contributed by atoms with Crippen LogP contribution in [0.3, 0.4) is 0 Å². The number of aliphatic carboxylic acids is 1. The number of rotatable bonds is 9. The van der Waals surface area contributed by atoms with Crippen LogP contribution < -0.4 is 27.0 Å². The first kappa shape index (κ1) is 23.3. The number of quaternary nitrogens is 1. The fourth-order valence-corrected chi connectivity index (χ4v) is 1.63. The van der Waals surface area contributed by atoms with Gasteiger partial charge in [-0.2, -0.15) is 0 Å². The monoisotopic (exact) mass is 374 g/mol. The highest BCUT2D eigenvalue weighted by Gasteiger charge is 2.25. The lowest BCUT2D eigenvalue weighted by molar-refractivity contribution is -0.398. The molecule has 0 bridgehead atoms. The fraction of sp³-hybridized carbons (Fsp3) is 0.667. The fourth-order valence-electron chi connectivity index (χ4n) is 1.63. The van der Waals surface area contributed by atoms with Crippen molar-refractivity contribution in [3.8, 4) is 0 Å². The highest BCUT2D eigenvalue weighted by atomic mass is 16.4. The summed E-state index contributed by atoms with van der Waals surface area (Å²) in [7, 11) is 0. The van der Waals surface area contributed by atoms with Crippen LogP contribution in [-0.4, -0.2) is 64.9 Å². The standard InChI is InChI=1S/C15H27N5O6/c1-6(16)11(21)17-7(2)12(22)18-8(3)13(23)19-9(4)14(24)20-10(5)15(25)26/h6-10H,16H2,1-5H3,(H,17,21)(H,18,22)(H,19,23)(H,20,24)(H,25,26)/p+1/t6-,7-,8-,9-,10-/m0/s1. The molecule has 0 unspecified atom stereocenters. The summed E-state index contributed by atoms with van der Waals surface area (Å²) < 4.78 is 0. The minimum Gasteiger partial charge on any atom is -0.480 e. The number of hydrogen-bond donors (Lipinski definition) is 6. The summed E-state index contributed by atoms with van der Waals surface area (Å²) in [4.78, 5) is 58.1. The molecule has 0 radical (unpaired) electrons. The third-order valence-corrected chi connectivity index (χ3v) is 3.43. The largest absolute Gasteiger partial charge is 0.480 e. The number of carboxylic acids is 1. The highest BCUT2D eigenvalue weighted by molar-refractivity contribution is 5.94. The Bertz CT molecular complexity index is 565. The molecule has 8 N–H and O–H groups in total. The van der Waals surface area contributed by atoms with Crippen molar-refractivity contribution in [2.24, 2.45) is 0 Å². The summed E-state index contributed by atoms with van der Waals surface area (Å²) >= 11 is 0. The normalized spacial score (nSPS) is 16.2. The van der Waals surface area contributed by atoms with E-state index in [1.165, 1.54) is 27.7 Å². The van der Waals surface area contributed by atoms with E-state index in [9.17, 15) is 24.0 Å². The zero-order chi connectivity index (χ0) is 20.6. The molecule has 11 nitrogen and oxygen atoms in total. The van der Waals surface area contributed by atoms with Gasteiger partial charge in [0.25, 0.3) is 5.91 Å². The van der Waals surface area contributed by atoms with Crippen molar-refractivity contribution in [2.45, 2.75) is 64.8 Å². The van der Waals surface area contributed by atoms with Crippen LogP contribution in [0.5, 0.6) is 0 Å². The van der Waals surface area contributed by atoms with Gasteiger partial charge in [-0.25, -0.2) is 0 Å². The molecule has 5 atom stereocenters. The molecule has 0 spiro atoms. The van der Waals surface area contributed by atoms with E-state index in [0.29, 0.717) is 0 Å². The predicted molar refractivity (Wildman–Crippen MR) is 90.4 cm³/mol. The molecule has 0 aromatic rings. The lowest BCUT2D eigenvalue weighted by Crippen LogP contribution is -2.67. The van der Waals surface area contributed by atoms with Crippen LogP contribution in [0.2, 0.25) is 0 Å². The Hall–Kier alpha value is -2.69. The molecule has 26 heavy (non-hydrogen) atoms. The lowest BCUT2D eigenvalue weighted by Gasteiger charge is -2.21. The summed E-state index contributed by atoms with van der Waals surface area (Å²) in [6, 6.07) is -4.45. The number of carbonyl (C=O) groups excluding carboxylic acids is 4. The molecule has 0 aromatic heterocycles. The number of hydrogen-bond acceptors (Lipinski definition) is 5. The van der Waals surface area contributed by atoms with Gasteiger partial charge in [-0.05, 0) is 34.6 Å². The molecule has 148 valence electrons. The third kappa shape index (κ3) is 7.92. The summed E-state index contributed by atoms with van der Waals surface area (Å²) in [5.41, 5.74) is 3.54. The molecule has 0 saturated carbocycles. The molecule has 0 rings (SSSR count). The van der Waals surface area contributed by atoms with E-state index in [0.717, 1.165) is 0 Å². The van der Waals surface area contributed by atoms with Gasteiger partial charge >= 0.3 is 5.97 Å². The van der Waals surface area contributed by atoms with Crippen molar-refractivity contribution in [3.05, 3.63) is 0 Å². The van der Waals surface area contributed by atoms with Gasteiger partial charge in [-0.3, -0.25) is 24.0 Å². The molecular weight excluding hydrogens is 346 g/mol. The van der Waals surface area contributed by atoms with E-state index in [1.807, 2.05) is 0 Å². The molecule has 0 aliphatic carbocycles. The highest BCUT2D eigenvalue weighted by Crippen LogP contribution is 1.92. The summed E-state index contributed by atoms with van der Waals surface area (Å²) in [6.45, 7) is 7.13. The molecule has 0 aromatic carbocycles. The number of carboxylic acid groups (broad SMARTS) is 1. The maximum atomic E-state index is 12.0. The van der Waals surface area contributed by atoms with Crippen LogP contribution in [0.4, 0.5) is 0 Å². The van der Waals surface area contributed by atoms with Crippen molar-refractivity contribution in [1.29, 1.82) is 0 Å². The van der Waals surface area contributed by atoms with Gasteiger partial charge in [0.2, 0.25) is 17.7 Å². The Morgan fingerprint density at radius 3 is 1.15 bits per heavy atom. The van der Waals surface area contributed by atoms with Gasteiger partial charge in [-0.15, -0.1) is 0 Å². The van der Waals surface area contributed by atoms with Crippen LogP contribution >= 0.6 is 0 Å². The van der Waals surface area contributed by atoms with Crippen LogP contribution in [0, 0.1) is 0 Å². The Labute approximate surface area is 151 Å². The average molecular weight is 374 g/mol. The van der Waals surface area contributed by atoms with Gasteiger partial charge < -0.3 is 32.1 Å². The molecular formula is C15H28N5O6+. The van der Waals surface area contributed by atoms with E-state index in [4.69, 9.17) is 5.11 Å². The number of carbonyl (C=O) groups is 5. The van der Waals surface area contributed by atoms with Gasteiger partial charge in [0.1, 0.15) is 24.2 Å². The first-order valence-electron chi connectivity index (χ1n) is 8.14. The van der Waals surface area contributed by atoms with Gasteiger partial charge in [0.15, 0.2) is 6.04 Å². The van der Waals surface area contributed by atoms with Crippen LogP contribution in [0.1, 0.15) is 34.6 Å². The topological polar surface area (TPSA) is 181 Å². The second-order valence-electron chi connectivity index (χ2n) is 6.16. The SMILES string of the molecule is C[C@H]([NH3+])C(=O)N[C@@H](C)C(=O)N[C@@H](C)C(=O)N[C@@H](C)C(=O)N[C@@H](C)C(=O)O. The van der Waals surface area contributed by atoms with E-state index < -0.39 is 59.8 Å². The first-order chi connectivity index (χ1) is 11.9. The van der Waals surface area contributed by atoms with E-state index in [2.05, 4.69) is 27.0 Å². The Balaban J connectivity index is 4.54. The van der Waals surface area contributed by atoms with Crippen molar-refractivity contribution in [1.82, 2.24) is 21.3 Å². The predicted octanol–water partition coefficient (Wildman–Crippen LogP) is -3.28. The van der Waals surface area contributed by atoms with Crippen molar-refractivity contribution in [3.63, 3.8) is 0 Å². The molecule has 11 heteroatoms. The molecule has 0 fully saturated rings. The zero-order valence-electron chi connectivity index (χ0n) is 15.6. The third-order valence-electron chi connectivity index (χ3n) is 3.43. The van der Waals surface area contributed by atoms with E-state index >= 15 is 0 Å².